The maximum atomic E-state index is 11.9. The number of carbonyl (C=O) groups is 1. The van der Waals surface area contributed by atoms with Crippen molar-refractivity contribution >= 4 is 11.6 Å². The summed E-state index contributed by atoms with van der Waals surface area (Å²) < 4.78 is 16.7. The van der Waals surface area contributed by atoms with Crippen molar-refractivity contribution in [1.29, 1.82) is 0 Å². The third-order valence-electron chi connectivity index (χ3n) is 3.83. The second kappa shape index (κ2) is 7.73. The molecule has 8 heteroatoms. The highest BCUT2D eigenvalue weighted by molar-refractivity contribution is 5.77. The molecule has 0 aromatic heterocycles. The predicted octanol–water partition coefficient (Wildman–Crippen LogP) is 2.24. The third kappa shape index (κ3) is 4.21. The summed E-state index contributed by atoms with van der Waals surface area (Å²) in [6.07, 6.45) is -0.282. The molecular formula is C18H18N2O6. The standard InChI is InChI=1S/C18H18N2O6/c1-12-8-13(6-7-15(12)20(22)23)24-11-18(21)19-9-14-10-25-16-4-2-3-5-17(16)26-14/h2-8,14H,9-11H2,1H3,(H,19,21). The lowest BCUT2D eigenvalue weighted by Crippen LogP contribution is -2.42. The number of nitrogens with zero attached hydrogens (tertiary/aromatic N) is 1. The summed E-state index contributed by atoms with van der Waals surface area (Å²) in [6, 6.07) is 11.7. The highest BCUT2D eigenvalue weighted by atomic mass is 16.6. The molecule has 136 valence electrons. The Morgan fingerprint density at radius 1 is 1.31 bits per heavy atom. The van der Waals surface area contributed by atoms with Crippen molar-refractivity contribution < 1.29 is 23.9 Å². The molecule has 1 atom stereocenters. The van der Waals surface area contributed by atoms with Crippen LogP contribution in [0.1, 0.15) is 5.56 Å². The smallest absolute Gasteiger partial charge is 0.272 e. The van der Waals surface area contributed by atoms with Crippen molar-refractivity contribution in [1.82, 2.24) is 5.32 Å². The number of carbonyl (C=O) groups excluding carboxylic acids is 1. The van der Waals surface area contributed by atoms with Crippen LogP contribution in [0.2, 0.25) is 0 Å². The van der Waals surface area contributed by atoms with E-state index in [1.165, 1.54) is 18.2 Å². The number of para-hydroxylation sites is 2. The van der Waals surface area contributed by atoms with E-state index in [9.17, 15) is 14.9 Å². The molecular weight excluding hydrogens is 340 g/mol. The topological polar surface area (TPSA) is 99.9 Å². The molecule has 0 radical (unpaired) electrons. The van der Waals surface area contributed by atoms with Gasteiger partial charge in [0.05, 0.1) is 11.5 Å². The number of nitro groups is 1. The maximum absolute atomic E-state index is 11.9. The molecule has 0 bridgehead atoms. The number of hydrogen-bond acceptors (Lipinski definition) is 6. The van der Waals surface area contributed by atoms with Gasteiger partial charge in [0.2, 0.25) is 0 Å². The summed E-state index contributed by atoms with van der Waals surface area (Å²) in [7, 11) is 0. The summed E-state index contributed by atoms with van der Waals surface area (Å²) in [6.45, 7) is 2.06. The zero-order chi connectivity index (χ0) is 18.5. The molecule has 1 N–H and O–H groups in total. The molecule has 1 aliphatic heterocycles. The van der Waals surface area contributed by atoms with E-state index in [0.717, 1.165) is 0 Å². The number of nitrogens with one attached hydrogen (secondary N) is 1. The molecule has 0 spiro atoms. The van der Waals surface area contributed by atoms with Crippen LogP contribution in [0.15, 0.2) is 42.5 Å². The molecule has 2 aromatic rings. The maximum Gasteiger partial charge on any atom is 0.272 e. The van der Waals surface area contributed by atoms with E-state index in [1.807, 2.05) is 24.3 Å². The molecule has 1 heterocycles. The molecule has 26 heavy (non-hydrogen) atoms. The van der Waals surface area contributed by atoms with Gasteiger partial charge in [-0.05, 0) is 31.2 Å². The normalized spacial score (nSPS) is 15.2. The van der Waals surface area contributed by atoms with Crippen molar-refractivity contribution in [2.45, 2.75) is 13.0 Å². The number of ether oxygens (including phenoxy) is 3. The Morgan fingerprint density at radius 2 is 2.08 bits per heavy atom. The second-order valence-corrected chi connectivity index (χ2v) is 5.80. The van der Waals surface area contributed by atoms with Crippen LogP contribution in [0.4, 0.5) is 5.69 Å². The van der Waals surface area contributed by atoms with Gasteiger partial charge in [-0.2, -0.15) is 0 Å². The van der Waals surface area contributed by atoms with Gasteiger partial charge in [-0.25, -0.2) is 0 Å². The van der Waals surface area contributed by atoms with E-state index in [0.29, 0.717) is 29.4 Å². The SMILES string of the molecule is Cc1cc(OCC(=O)NCC2COc3ccccc3O2)ccc1[N+](=O)[O-]. The zero-order valence-electron chi connectivity index (χ0n) is 14.1. The Hall–Kier alpha value is -3.29. The molecule has 1 aliphatic rings. The zero-order valence-corrected chi connectivity index (χ0v) is 14.1. The Bertz CT molecular complexity index is 823. The minimum absolute atomic E-state index is 0.0107. The highest BCUT2D eigenvalue weighted by Gasteiger charge is 2.21. The van der Waals surface area contributed by atoms with Gasteiger partial charge in [-0.15, -0.1) is 0 Å². The number of rotatable bonds is 6. The summed E-state index contributed by atoms with van der Waals surface area (Å²) in [4.78, 5) is 22.3. The van der Waals surface area contributed by atoms with Crippen LogP contribution in [0.5, 0.6) is 17.2 Å². The first-order valence-electron chi connectivity index (χ1n) is 8.06. The Kier molecular flexibility index (Phi) is 5.21. The van der Waals surface area contributed by atoms with Gasteiger partial charge in [-0.1, -0.05) is 12.1 Å². The van der Waals surface area contributed by atoms with E-state index in [4.69, 9.17) is 14.2 Å². The molecule has 0 aliphatic carbocycles. The van der Waals surface area contributed by atoms with Crippen LogP contribution in [-0.4, -0.2) is 36.7 Å². The van der Waals surface area contributed by atoms with Crippen molar-refractivity contribution in [3.05, 3.63) is 58.1 Å². The Balaban J connectivity index is 1.45. The van der Waals surface area contributed by atoms with Crippen LogP contribution < -0.4 is 19.5 Å². The van der Waals surface area contributed by atoms with Gasteiger partial charge in [0.25, 0.3) is 11.6 Å². The summed E-state index contributed by atoms with van der Waals surface area (Å²) in [5.41, 5.74) is 0.482. The second-order valence-electron chi connectivity index (χ2n) is 5.80. The highest BCUT2D eigenvalue weighted by Crippen LogP contribution is 2.30. The fourth-order valence-electron chi connectivity index (χ4n) is 2.51. The average Bonchev–Trinajstić information content (AvgIpc) is 2.64. The minimum atomic E-state index is -0.462. The van der Waals surface area contributed by atoms with E-state index in [-0.39, 0.29) is 30.9 Å². The first-order chi connectivity index (χ1) is 12.5. The van der Waals surface area contributed by atoms with Crippen LogP contribution in [0, 0.1) is 17.0 Å². The number of nitro benzene ring substituents is 1. The summed E-state index contributed by atoms with van der Waals surface area (Å²) in [5.74, 6) is 1.42. The molecule has 0 saturated carbocycles. The third-order valence-corrected chi connectivity index (χ3v) is 3.83. The number of hydrogen-bond donors (Lipinski definition) is 1. The van der Waals surface area contributed by atoms with E-state index >= 15 is 0 Å². The van der Waals surface area contributed by atoms with Gasteiger partial charge in [0.1, 0.15) is 18.5 Å². The molecule has 3 rings (SSSR count). The number of benzene rings is 2. The van der Waals surface area contributed by atoms with E-state index in [1.54, 1.807) is 6.92 Å². The monoisotopic (exact) mass is 358 g/mol. The lowest BCUT2D eigenvalue weighted by Gasteiger charge is -2.26. The quantitative estimate of drug-likeness (QED) is 0.628. The Morgan fingerprint density at radius 3 is 2.81 bits per heavy atom. The summed E-state index contributed by atoms with van der Waals surface area (Å²) >= 11 is 0. The van der Waals surface area contributed by atoms with Gasteiger partial charge < -0.3 is 19.5 Å². The minimum Gasteiger partial charge on any atom is -0.486 e. The van der Waals surface area contributed by atoms with Crippen LogP contribution in [0.25, 0.3) is 0 Å². The van der Waals surface area contributed by atoms with Gasteiger partial charge in [0.15, 0.2) is 18.1 Å². The average molecular weight is 358 g/mol. The number of aryl methyl sites for hydroxylation is 1. The van der Waals surface area contributed by atoms with E-state index in [2.05, 4.69) is 5.32 Å². The first-order valence-corrected chi connectivity index (χ1v) is 8.06. The molecule has 2 aromatic carbocycles. The van der Waals surface area contributed by atoms with Crippen molar-refractivity contribution in [2.75, 3.05) is 19.8 Å². The summed E-state index contributed by atoms with van der Waals surface area (Å²) in [5, 5.41) is 13.5. The van der Waals surface area contributed by atoms with E-state index < -0.39 is 4.92 Å². The van der Waals surface area contributed by atoms with Crippen LogP contribution in [-0.2, 0) is 4.79 Å². The molecule has 1 amide bonds. The van der Waals surface area contributed by atoms with Gasteiger partial charge in [-0.3, -0.25) is 14.9 Å². The molecule has 8 nitrogen and oxygen atoms in total. The lowest BCUT2D eigenvalue weighted by molar-refractivity contribution is -0.385. The van der Waals surface area contributed by atoms with Gasteiger partial charge in [0, 0.05) is 11.6 Å². The van der Waals surface area contributed by atoms with Crippen LogP contribution in [0.3, 0.4) is 0 Å². The molecule has 0 fully saturated rings. The van der Waals surface area contributed by atoms with Crippen molar-refractivity contribution in [3.63, 3.8) is 0 Å². The van der Waals surface area contributed by atoms with Crippen molar-refractivity contribution in [2.24, 2.45) is 0 Å². The van der Waals surface area contributed by atoms with Gasteiger partial charge >= 0.3 is 0 Å². The first kappa shape index (κ1) is 17.5. The molecule has 1 unspecified atom stereocenters. The Labute approximate surface area is 149 Å². The fraction of sp³-hybridized carbons (Fsp3) is 0.278. The number of fused-ring (bicyclic) bond motifs is 1. The number of amides is 1. The largest absolute Gasteiger partial charge is 0.486 e. The lowest BCUT2D eigenvalue weighted by atomic mass is 10.2. The van der Waals surface area contributed by atoms with Crippen LogP contribution >= 0.6 is 0 Å². The fourth-order valence-corrected chi connectivity index (χ4v) is 2.51. The molecule has 0 saturated heterocycles. The van der Waals surface area contributed by atoms with Crippen molar-refractivity contribution in [3.8, 4) is 17.2 Å². The predicted molar refractivity (Wildman–Crippen MR) is 92.7 cm³/mol.